The predicted molar refractivity (Wildman–Crippen MR) is 105 cm³/mol. The zero-order valence-corrected chi connectivity index (χ0v) is 16.4. The van der Waals surface area contributed by atoms with Gasteiger partial charge in [-0.2, -0.15) is 0 Å². The lowest BCUT2D eigenvalue weighted by atomic mass is 10.1. The molecule has 152 valence electrons. The number of aliphatic hydroxyl groups is 1. The van der Waals surface area contributed by atoms with Crippen LogP contribution in [0.2, 0.25) is 5.22 Å². The molecule has 9 heteroatoms. The number of aromatic nitrogens is 3. The molecule has 0 bridgehead atoms. The summed E-state index contributed by atoms with van der Waals surface area (Å²) in [5.74, 6) is 0.460. The van der Waals surface area contributed by atoms with Crippen molar-refractivity contribution >= 4 is 23.2 Å². The minimum atomic E-state index is -1.43. The van der Waals surface area contributed by atoms with Crippen molar-refractivity contribution in [2.45, 2.75) is 38.2 Å². The van der Waals surface area contributed by atoms with Crippen molar-refractivity contribution < 1.29 is 18.7 Å². The van der Waals surface area contributed by atoms with Crippen LogP contribution in [0.25, 0.3) is 0 Å². The molecular formula is C20H20ClFN4O3. The molecule has 0 radical (unpaired) electrons. The molecule has 1 aliphatic carbocycles. The molecular weight excluding hydrogens is 399 g/mol. The standard InChI is InChI=1S/C20H20ClFN4O3/c1-11-6-15(17(22)18(11)27)25-20-14(7-23-10-24-20)19(28)12-4-5-26(8-12)9-13-2-3-16(21)29-13/h2-5,7-8,10-11,15,17-18,27H,6,9H2,1H3,(H,23,24,25)/t11-,15-,17-,18-/m1/s1. The molecule has 0 spiro atoms. The fourth-order valence-corrected chi connectivity index (χ4v) is 3.75. The third-order valence-corrected chi connectivity index (χ3v) is 5.38. The van der Waals surface area contributed by atoms with Gasteiger partial charge in [0.05, 0.1) is 24.3 Å². The first-order valence-electron chi connectivity index (χ1n) is 9.25. The highest BCUT2D eigenvalue weighted by molar-refractivity contribution is 6.28. The van der Waals surface area contributed by atoms with Crippen molar-refractivity contribution in [3.8, 4) is 0 Å². The van der Waals surface area contributed by atoms with Gasteiger partial charge in [0.15, 0.2) is 11.0 Å². The van der Waals surface area contributed by atoms with E-state index in [1.807, 2.05) is 0 Å². The van der Waals surface area contributed by atoms with Gasteiger partial charge in [0.25, 0.3) is 0 Å². The number of carbonyl (C=O) groups excluding carboxylic acids is 1. The van der Waals surface area contributed by atoms with E-state index in [-0.39, 0.29) is 23.1 Å². The van der Waals surface area contributed by atoms with Gasteiger partial charge in [0, 0.05) is 24.2 Å². The first kappa shape index (κ1) is 19.6. The topological polar surface area (TPSA) is 93.2 Å². The second-order valence-electron chi connectivity index (χ2n) is 7.29. The lowest BCUT2D eigenvalue weighted by Gasteiger charge is -2.18. The molecule has 0 unspecified atom stereocenters. The van der Waals surface area contributed by atoms with Crippen molar-refractivity contribution in [3.63, 3.8) is 0 Å². The monoisotopic (exact) mass is 418 g/mol. The number of carbonyl (C=O) groups is 1. The van der Waals surface area contributed by atoms with Gasteiger partial charge >= 0.3 is 0 Å². The van der Waals surface area contributed by atoms with E-state index >= 15 is 0 Å². The smallest absolute Gasteiger partial charge is 0.199 e. The lowest BCUT2D eigenvalue weighted by Crippen LogP contribution is -2.32. The summed E-state index contributed by atoms with van der Waals surface area (Å²) in [6.45, 7) is 2.22. The van der Waals surface area contributed by atoms with E-state index in [1.165, 1.54) is 12.5 Å². The second kappa shape index (κ2) is 7.96. The van der Waals surface area contributed by atoms with Crippen molar-refractivity contribution in [1.29, 1.82) is 0 Å². The number of furan rings is 1. The van der Waals surface area contributed by atoms with Crippen LogP contribution in [0.5, 0.6) is 0 Å². The maximum atomic E-state index is 14.3. The van der Waals surface area contributed by atoms with Crippen LogP contribution in [0.15, 0.2) is 47.5 Å². The van der Waals surface area contributed by atoms with Gasteiger partial charge < -0.3 is 19.4 Å². The first-order chi connectivity index (χ1) is 13.9. The average Bonchev–Trinajstić information content (AvgIpc) is 3.40. The largest absolute Gasteiger partial charge is 0.448 e. The number of hydrogen-bond donors (Lipinski definition) is 2. The summed E-state index contributed by atoms with van der Waals surface area (Å²) in [6, 6.07) is 4.49. The van der Waals surface area contributed by atoms with Crippen molar-refractivity contribution in [1.82, 2.24) is 14.5 Å². The molecule has 3 aromatic rings. The molecule has 0 aliphatic heterocycles. The van der Waals surface area contributed by atoms with E-state index in [0.717, 1.165) is 0 Å². The minimum Gasteiger partial charge on any atom is -0.448 e. The Morgan fingerprint density at radius 3 is 2.97 bits per heavy atom. The summed E-state index contributed by atoms with van der Waals surface area (Å²) in [7, 11) is 0. The van der Waals surface area contributed by atoms with E-state index in [9.17, 15) is 14.3 Å². The van der Waals surface area contributed by atoms with Gasteiger partial charge in [-0.15, -0.1) is 0 Å². The Kier molecular flexibility index (Phi) is 5.38. The number of ketones is 1. The summed E-state index contributed by atoms with van der Waals surface area (Å²) >= 11 is 5.78. The molecule has 4 rings (SSSR count). The number of halogens is 2. The highest BCUT2D eigenvalue weighted by Gasteiger charge is 2.41. The van der Waals surface area contributed by atoms with Gasteiger partial charge in [0.2, 0.25) is 0 Å². The Labute approximate surface area is 171 Å². The number of nitrogens with one attached hydrogen (secondary N) is 1. The highest BCUT2D eigenvalue weighted by Crippen LogP contribution is 2.31. The molecule has 4 atom stereocenters. The Bertz CT molecular complexity index is 1020. The Hall–Kier alpha value is -2.71. The molecule has 1 saturated carbocycles. The third kappa shape index (κ3) is 4.04. The molecule has 3 heterocycles. The van der Waals surface area contributed by atoms with Crippen molar-refractivity contribution in [2.75, 3.05) is 5.32 Å². The first-order valence-corrected chi connectivity index (χ1v) is 9.63. The third-order valence-electron chi connectivity index (χ3n) is 5.18. The Morgan fingerprint density at radius 2 is 2.28 bits per heavy atom. The van der Waals surface area contributed by atoms with Crippen LogP contribution in [0.1, 0.15) is 35.0 Å². The number of rotatable bonds is 6. The van der Waals surface area contributed by atoms with Crippen LogP contribution in [0, 0.1) is 5.92 Å². The lowest BCUT2D eigenvalue weighted by molar-refractivity contribution is 0.0725. The van der Waals surface area contributed by atoms with E-state index < -0.39 is 18.3 Å². The molecule has 2 N–H and O–H groups in total. The van der Waals surface area contributed by atoms with E-state index in [0.29, 0.717) is 29.5 Å². The van der Waals surface area contributed by atoms with Crippen LogP contribution < -0.4 is 5.32 Å². The van der Waals surface area contributed by atoms with Gasteiger partial charge in [-0.25, -0.2) is 14.4 Å². The molecule has 1 aliphatic rings. The number of anilines is 1. The van der Waals surface area contributed by atoms with E-state index in [4.69, 9.17) is 16.0 Å². The molecule has 0 aromatic carbocycles. The Morgan fingerprint density at radius 1 is 1.45 bits per heavy atom. The fourth-order valence-electron chi connectivity index (χ4n) is 3.59. The normalized spacial score (nSPS) is 24.0. The summed E-state index contributed by atoms with van der Waals surface area (Å²) < 4.78 is 21.5. The van der Waals surface area contributed by atoms with Crippen LogP contribution in [0.4, 0.5) is 10.2 Å². The van der Waals surface area contributed by atoms with Gasteiger partial charge in [-0.1, -0.05) is 6.92 Å². The summed E-state index contributed by atoms with van der Waals surface area (Å²) in [5.41, 5.74) is 0.685. The quantitative estimate of drug-likeness (QED) is 0.596. The predicted octanol–water partition coefficient (Wildman–Crippen LogP) is 3.32. The number of hydrogen-bond acceptors (Lipinski definition) is 6. The second-order valence-corrected chi connectivity index (χ2v) is 7.66. The molecule has 7 nitrogen and oxygen atoms in total. The summed E-state index contributed by atoms with van der Waals surface area (Å²) in [5, 5.41) is 13.1. The summed E-state index contributed by atoms with van der Waals surface area (Å²) in [4.78, 5) is 21.1. The van der Waals surface area contributed by atoms with Crippen LogP contribution in [-0.4, -0.2) is 43.7 Å². The maximum absolute atomic E-state index is 14.3. The zero-order chi connectivity index (χ0) is 20.5. The SMILES string of the molecule is C[C@@H]1C[C@@H](Nc2ncncc2C(=O)c2ccn(Cc3ccc(Cl)o3)c2)[C@@H](F)[C@@H]1O. The molecule has 29 heavy (non-hydrogen) atoms. The summed E-state index contributed by atoms with van der Waals surface area (Å²) in [6.07, 6.45) is 4.14. The van der Waals surface area contributed by atoms with E-state index in [1.54, 1.807) is 42.1 Å². The van der Waals surface area contributed by atoms with Gasteiger partial charge in [-0.3, -0.25) is 4.79 Å². The Balaban J connectivity index is 1.52. The van der Waals surface area contributed by atoms with Crippen LogP contribution in [-0.2, 0) is 6.54 Å². The molecule has 0 saturated heterocycles. The number of aliphatic hydroxyl groups excluding tert-OH is 1. The van der Waals surface area contributed by atoms with Crippen LogP contribution >= 0.6 is 11.6 Å². The van der Waals surface area contributed by atoms with Crippen LogP contribution in [0.3, 0.4) is 0 Å². The molecule has 1 fully saturated rings. The number of nitrogens with zero attached hydrogens (tertiary/aromatic N) is 3. The molecule has 3 aromatic heterocycles. The van der Waals surface area contributed by atoms with Gasteiger partial charge in [0.1, 0.15) is 24.1 Å². The minimum absolute atomic E-state index is 0.173. The molecule has 0 amide bonds. The van der Waals surface area contributed by atoms with Crippen molar-refractivity contribution in [2.24, 2.45) is 5.92 Å². The highest BCUT2D eigenvalue weighted by atomic mass is 35.5. The number of alkyl halides is 1. The van der Waals surface area contributed by atoms with Gasteiger partial charge in [-0.05, 0) is 42.1 Å². The van der Waals surface area contributed by atoms with Crippen molar-refractivity contribution in [3.05, 3.63) is 65.2 Å². The van der Waals surface area contributed by atoms with E-state index in [2.05, 4.69) is 15.3 Å². The average molecular weight is 419 g/mol. The zero-order valence-electron chi connectivity index (χ0n) is 15.6. The fraction of sp³-hybridized carbons (Fsp3) is 0.350. The maximum Gasteiger partial charge on any atom is 0.199 e.